The van der Waals surface area contributed by atoms with E-state index >= 15 is 0 Å². The van der Waals surface area contributed by atoms with Crippen LogP contribution >= 0.6 is 34.4 Å². The molecule has 0 saturated carbocycles. The van der Waals surface area contributed by atoms with Crippen molar-refractivity contribution in [2.45, 2.75) is 30.8 Å². The zero-order valence-corrected chi connectivity index (χ0v) is 17.2. The summed E-state index contributed by atoms with van der Waals surface area (Å²) in [4.78, 5) is 31.9. The Kier molecular flexibility index (Phi) is 6.00. The number of rotatable bonds is 4. The third-order valence-electron chi connectivity index (χ3n) is 4.15. The fraction of sp³-hybridized carbons (Fsp3) is 0.471. The first-order chi connectivity index (χ1) is 12.0. The molecule has 6 nitrogen and oxygen atoms in total. The number of morpholine rings is 1. The fourth-order valence-electron chi connectivity index (χ4n) is 2.79. The minimum Gasteiger partial charge on any atom is -0.378 e. The molecule has 0 spiro atoms. The van der Waals surface area contributed by atoms with Crippen LogP contribution in [-0.2, 0) is 16.1 Å². The van der Waals surface area contributed by atoms with E-state index in [2.05, 4.69) is 27.6 Å². The molecule has 3 rings (SSSR count). The highest BCUT2D eigenvalue weighted by Gasteiger charge is 2.25. The first kappa shape index (κ1) is 18.7. The number of thioether (sulfide) groups is 1. The summed E-state index contributed by atoms with van der Waals surface area (Å²) in [6.45, 7) is 6.70. The summed E-state index contributed by atoms with van der Waals surface area (Å²) in [6.07, 6.45) is 0. The summed E-state index contributed by atoms with van der Waals surface area (Å²) in [6, 6.07) is 5.65. The third-order valence-corrected chi connectivity index (χ3v) is 5.90. The van der Waals surface area contributed by atoms with Gasteiger partial charge in [-0.3, -0.25) is 14.2 Å². The number of benzene rings is 1. The molecule has 1 aliphatic heterocycles. The van der Waals surface area contributed by atoms with Gasteiger partial charge in [0.05, 0.1) is 29.4 Å². The second kappa shape index (κ2) is 8.05. The topological polar surface area (TPSA) is 64.4 Å². The lowest BCUT2D eigenvalue weighted by molar-refractivity contribution is -0.134. The SMILES string of the molecule is CCn1c(S[C@H](C)C(=O)N2CCOCC2)nc2ccc(I)cc2c1=O. The number of amides is 1. The number of aromatic nitrogens is 2. The van der Waals surface area contributed by atoms with Crippen LogP contribution in [0, 0.1) is 3.57 Å². The summed E-state index contributed by atoms with van der Waals surface area (Å²) in [5, 5.41) is 0.907. The molecule has 1 atom stereocenters. The average Bonchev–Trinajstić information content (AvgIpc) is 2.63. The van der Waals surface area contributed by atoms with Crippen molar-refractivity contribution in [2.24, 2.45) is 0 Å². The molecule has 134 valence electrons. The third kappa shape index (κ3) is 4.01. The zero-order chi connectivity index (χ0) is 18.0. The van der Waals surface area contributed by atoms with Crippen LogP contribution < -0.4 is 5.56 Å². The van der Waals surface area contributed by atoms with E-state index < -0.39 is 0 Å². The Morgan fingerprint density at radius 3 is 2.80 bits per heavy atom. The van der Waals surface area contributed by atoms with Crippen LogP contribution in [0.4, 0.5) is 0 Å². The lowest BCUT2D eigenvalue weighted by Gasteiger charge is -2.29. The van der Waals surface area contributed by atoms with E-state index in [1.165, 1.54) is 11.8 Å². The lowest BCUT2D eigenvalue weighted by Crippen LogP contribution is -2.44. The Balaban J connectivity index is 1.91. The molecule has 0 unspecified atom stereocenters. The standard InChI is InChI=1S/C17H20IN3O3S/c1-3-21-16(23)13-10-12(18)4-5-14(13)19-17(21)25-11(2)15(22)20-6-8-24-9-7-20/h4-5,10-11H,3,6-9H2,1-2H3/t11-/m1/s1. The monoisotopic (exact) mass is 473 g/mol. The Labute approximate surface area is 164 Å². The van der Waals surface area contributed by atoms with Gasteiger partial charge in [0.25, 0.3) is 5.56 Å². The minimum atomic E-state index is -0.302. The number of carbonyl (C=O) groups excluding carboxylic acids is 1. The van der Waals surface area contributed by atoms with E-state index in [1.807, 2.05) is 36.9 Å². The second-order valence-corrected chi connectivity index (χ2v) is 8.36. The summed E-state index contributed by atoms with van der Waals surface area (Å²) in [5.74, 6) is 0.0629. The summed E-state index contributed by atoms with van der Waals surface area (Å²) < 4.78 is 7.95. The molecule has 0 bridgehead atoms. The van der Waals surface area contributed by atoms with Crippen LogP contribution in [0.25, 0.3) is 10.9 Å². The minimum absolute atomic E-state index is 0.0560. The quantitative estimate of drug-likeness (QED) is 0.388. The van der Waals surface area contributed by atoms with Gasteiger partial charge in [-0.05, 0) is 54.6 Å². The van der Waals surface area contributed by atoms with Gasteiger partial charge < -0.3 is 9.64 Å². The predicted octanol–water partition coefficient (Wildman–Crippen LogP) is 2.36. The summed E-state index contributed by atoms with van der Waals surface area (Å²) in [7, 11) is 0. The second-order valence-electron chi connectivity index (χ2n) is 5.80. The molecule has 1 fully saturated rings. The number of nitrogens with zero attached hydrogens (tertiary/aromatic N) is 3. The molecule has 1 aliphatic rings. The van der Waals surface area contributed by atoms with Crippen molar-refractivity contribution >= 4 is 51.2 Å². The molecule has 1 saturated heterocycles. The molecule has 1 aromatic carbocycles. The number of hydrogen-bond donors (Lipinski definition) is 0. The summed E-state index contributed by atoms with van der Waals surface area (Å²) >= 11 is 3.54. The number of ether oxygens (including phenoxy) is 1. The Morgan fingerprint density at radius 2 is 2.12 bits per heavy atom. The highest BCUT2D eigenvalue weighted by Crippen LogP contribution is 2.24. The zero-order valence-electron chi connectivity index (χ0n) is 14.2. The molecule has 0 radical (unpaired) electrons. The van der Waals surface area contributed by atoms with Crippen molar-refractivity contribution in [1.29, 1.82) is 0 Å². The molecule has 25 heavy (non-hydrogen) atoms. The van der Waals surface area contributed by atoms with Crippen LogP contribution in [0.5, 0.6) is 0 Å². The number of halogens is 1. The smallest absolute Gasteiger partial charge is 0.262 e. The molecule has 8 heteroatoms. The summed E-state index contributed by atoms with van der Waals surface area (Å²) in [5.41, 5.74) is 0.614. The van der Waals surface area contributed by atoms with Gasteiger partial charge in [-0.1, -0.05) is 11.8 Å². The van der Waals surface area contributed by atoms with Crippen LogP contribution in [0.3, 0.4) is 0 Å². The van der Waals surface area contributed by atoms with E-state index in [4.69, 9.17) is 4.74 Å². The van der Waals surface area contributed by atoms with Crippen molar-refractivity contribution in [3.8, 4) is 0 Å². The largest absolute Gasteiger partial charge is 0.378 e. The van der Waals surface area contributed by atoms with E-state index in [9.17, 15) is 9.59 Å². The van der Waals surface area contributed by atoms with Crippen LogP contribution in [0.15, 0.2) is 28.2 Å². The molecule has 2 heterocycles. The average molecular weight is 473 g/mol. The first-order valence-electron chi connectivity index (χ1n) is 8.24. The Hall–Kier alpha value is -1.13. The predicted molar refractivity (Wildman–Crippen MR) is 107 cm³/mol. The van der Waals surface area contributed by atoms with Crippen molar-refractivity contribution in [3.63, 3.8) is 0 Å². The molecule has 0 N–H and O–H groups in total. The highest BCUT2D eigenvalue weighted by atomic mass is 127. The van der Waals surface area contributed by atoms with Gasteiger partial charge in [0.1, 0.15) is 0 Å². The van der Waals surface area contributed by atoms with Gasteiger partial charge >= 0.3 is 0 Å². The highest BCUT2D eigenvalue weighted by molar-refractivity contribution is 14.1. The van der Waals surface area contributed by atoms with E-state index in [0.717, 1.165) is 3.57 Å². The molecule has 0 aliphatic carbocycles. The van der Waals surface area contributed by atoms with Crippen LogP contribution in [0.1, 0.15) is 13.8 Å². The van der Waals surface area contributed by atoms with Crippen LogP contribution in [0.2, 0.25) is 0 Å². The molecule has 1 aromatic heterocycles. The maximum absolute atomic E-state index is 12.8. The van der Waals surface area contributed by atoms with Gasteiger partial charge in [-0.15, -0.1) is 0 Å². The Morgan fingerprint density at radius 1 is 1.40 bits per heavy atom. The maximum Gasteiger partial charge on any atom is 0.262 e. The molecule has 1 amide bonds. The van der Waals surface area contributed by atoms with Gasteiger partial charge in [-0.25, -0.2) is 4.98 Å². The first-order valence-corrected chi connectivity index (χ1v) is 10.2. The van der Waals surface area contributed by atoms with Crippen molar-refractivity contribution in [3.05, 3.63) is 32.1 Å². The van der Waals surface area contributed by atoms with Gasteiger partial charge in [0.15, 0.2) is 5.16 Å². The van der Waals surface area contributed by atoms with Gasteiger partial charge in [0, 0.05) is 23.2 Å². The maximum atomic E-state index is 12.8. The van der Waals surface area contributed by atoms with Crippen LogP contribution in [-0.4, -0.2) is 51.9 Å². The normalized spacial score (nSPS) is 16.2. The molecular formula is C17H20IN3O3S. The van der Waals surface area contributed by atoms with Crippen molar-refractivity contribution < 1.29 is 9.53 Å². The van der Waals surface area contributed by atoms with E-state index in [1.54, 1.807) is 4.57 Å². The van der Waals surface area contributed by atoms with Crippen molar-refractivity contribution in [2.75, 3.05) is 26.3 Å². The van der Waals surface area contributed by atoms with Crippen molar-refractivity contribution in [1.82, 2.24) is 14.5 Å². The van der Waals surface area contributed by atoms with E-state index in [0.29, 0.717) is 48.9 Å². The molecule has 2 aromatic rings. The lowest BCUT2D eigenvalue weighted by atomic mass is 10.2. The van der Waals surface area contributed by atoms with Gasteiger partial charge in [0.2, 0.25) is 5.91 Å². The Bertz CT molecular complexity index is 849. The fourth-order valence-corrected chi connectivity index (χ4v) is 4.34. The van der Waals surface area contributed by atoms with Gasteiger partial charge in [-0.2, -0.15) is 0 Å². The van der Waals surface area contributed by atoms with E-state index in [-0.39, 0.29) is 16.7 Å². The number of fused-ring (bicyclic) bond motifs is 1. The number of carbonyl (C=O) groups is 1. The number of hydrogen-bond acceptors (Lipinski definition) is 5. The molecular weight excluding hydrogens is 453 g/mol.